The van der Waals surface area contributed by atoms with E-state index in [0.29, 0.717) is 6.42 Å². The van der Waals surface area contributed by atoms with E-state index in [-0.39, 0.29) is 5.78 Å². The summed E-state index contributed by atoms with van der Waals surface area (Å²) in [6.45, 7) is 4.03. The number of ether oxygens (including phenoxy) is 1. The van der Waals surface area contributed by atoms with Gasteiger partial charge in [-0.25, -0.2) is 0 Å². The quantitative estimate of drug-likeness (QED) is 0.762. The maximum Gasteiger partial charge on any atom is 0.163 e. The molecule has 2 nitrogen and oxygen atoms in total. The number of ketones is 1. The van der Waals surface area contributed by atoms with E-state index in [4.69, 9.17) is 4.74 Å². The standard InChI is InChI=1S/C18H20O2/c1-13-4-10-17(14(2)12-13)18(19)11-7-15-5-8-16(20-3)9-6-15/h4-6,8-10,12H,7,11H2,1-3H3. The molecule has 2 aromatic carbocycles. The molecular formula is C18H20O2. The highest BCUT2D eigenvalue weighted by Crippen LogP contribution is 2.16. The molecule has 0 N–H and O–H groups in total. The molecule has 0 bridgehead atoms. The Kier molecular flexibility index (Phi) is 4.57. The molecule has 0 aliphatic rings. The van der Waals surface area contributed by atoms with Crippen molar-refractivity contribution < 1.29 is 9.53 Å². The lowest BCUT2D eigenvalue weighted by Gasteiger charge is -2.07. The molecular weight excluding hydrogens is 248 g/mol. The summed E-state index contributed by atoms with van der Waals surface area (Å²) in [5, 5.41) is 0. The molecule has 0 saturated carbocycles. The summed E-state index contributed by atoms with van der Waals surface area (Å²) in [4.78, 5) is 12.2. The molecule has 0 unspecified atom stereocenters. The van der Waals surface area contributed by atoms with E-state index in [2.05, 4.69) is 6.07 Å². The van der Waals surface area contributed by atoms with Crippen molar-refractivity contribution in [2.24, 2.45) is 0 Å². The van der Waals surface area contributed by atoms with Gasteiger partial charge in [0.2, 0.25) is 0 Å². The molecule has 0 aliphatic heterocycles. The van der Waals surface area contributed by atoms with E-state index >= 15 is 0 Å². The first-order valence-electron chi connectivity index (χ1n) is 6.83. The highest BCUT2D eigenvalue weighted by molar-refractivity contribution is 5.97. The minimum atomic E-state index is 0.207. The van der Waals surface area contributed by atoms with Crippen molar-refractivity contribution in [2.75, 3.05) is 7.11 Å². The lowest BCUT2D eigenvalue weighted by atomic mass is 9.98. The number of benzene rings is 2. The van der Waals surface area contributed by atoms with E-state index in [1.165, 1.54) is 5.56 Å². The van der Waals surface area contributed by atoms with Crippen LogP contribution in [-0.4, -0.2) is 12.9 Å². The third-order valence-corrected chi connectivity index (χ3v) is 3.48. The van der Waals surface area contributed by atoms with E-state index in [1.807, 2.05) is 50.2 Å². The van der Waals surface area contributed by atoms with Gasteiger partial charge in [0.1, 0.15) is 5.75 Å². The van der Waals surface area contributed by atoms with E-state index < -0.39 is 0 Å². The molecule has 2 aromatic rings. The molecule has 20 heavy (non-hydrogen) atoms. The topological polar surface area (TPSA) is 26.3 Å². The van der Waals surface area contributed by atoms with E-state index in [1.54, 1.807) is 7.11 Å². The summed E-state index contributed by atoms with van der Waals surface area (Å²) in [6.07, 6.45) is 1.30. The number of Topliss-reactive ketones (excluding diaryl/α,β-unsaturated/α-hetero) is 1. The maximum atomic E-state index is 12.2. The van der Waals surface area contributed by atoms with Gasteiger partial charge in [0.15, 0.2) is 5.78 Å². The van der Waals surface area contributed by atoms with Crippen LogP contribution in [0.3, 0.4) is 0 Å². The molecule has 0 aromatic heterocycles. The monoisotopic (exact) mass is 268 g/mol. The van der Waals surface area contributed by atoms with Crippen molar-refractivity contribution in [1.82, 2.24) is 0 Å². The van der Waals surface area contributed by atoms with Gasteiger partial charge in [0, 0.05) is 12.0 Å². The van der Waals surface area contributed by atoms with Crippen molar-refractivity contribution in [3.05, 3.63) is 64.7 Å². The van der Waals surface area contributed by atoms with Gasteiger partial charge in [-0.05, 0) is 43.5 Å². The number of methoxy groups -OCH3 is 1. The fourth-order valence-corrected chi connectivity index (χ4v) is 2.31. The molecule has 0 fully saturated rings. The molecule has 0 amide bonds. The van der Waals surface area contributed by atoms with Gasteiger partial charge in [-0.15, -0.1) is 0 Å². The largest absolute Gasteiger partial charge is 0.497 e. The van der Waals surface area contributed by atoms with Gasteiger partial charge >= 0.3 is 0 Å². The molecule has 2 heteroatoms. The first-order chi connectivity index (χ1) is 9.60. The van der Waals surface area contributed by atoms with Gasteiger partial charge in [0.05, 0.1) is 7.11 Å². The zero-order valence-electron chi connectivity index (χ0n) is 12.3. The van der Waals surface area contributed by atoms with Crippen LogP contribution in [0.25, 0.3) is 0 Å². The van der Waals surface area contributed by atoms with Crippen LogP contribution in [0.5, 0.6) is 5.75 Å². The van der Waals surface area contributed by atoms with E-state index in [9.17, 15) is 4.79 Å². The zero-order chi connectivity index (χ0) is 14.5. The summed E-state index contributed by atoms with van der Waals surface area (Å²) in [7, 11) is 1.65. The SMILES string of the molecule is COc1ccc(CCC(=O)c2ccc(C)cc2C)cc1. The van der Waals surface area contributed by atoms with Crippen molar-refractivity contribution >= 4 is 5.78 Å². The van der Waals surface area contributed by atoms with Crippen molar-refractivity contribution in [1.29, 1.82) is 0 Å². The van der Waals surface area contributed by atoms with E-state index in [0.717, 1.165) is 28.9 Å². The minimum absolute atomic E-state index is 0.207. The van der Waals surface area contributed by atoms with Crippen molar-refractivity contribution in [3.8, 4) is 5.75 Å². The van der Waals surface area contributed by atoms with Crippen LogP contribution < -0.4 is 4.74 Å². The lowest BCUT2D eigenvalue weighted by Crippen LogP contribution is -2.03. The Balaban J connectivity index is 2.00. The van der Waals surface area contributed by atoms with Gasteiger partial charge in [-0.1, -0.05) is 35.9 Å². The van der Waals surface area contributed by atoms with Crippen LogP contribution in [0.2, 0.25) is 0 Å². The number of hydrogen-bond donors (Lipinski definition) is 0. The summed E-state index contributed by atoms with van der Waals surface area (Å²) >= 11 is 0. The lowest BCUT2D eigenvalue weighted by molar-refractivity contribution is 0.0982. The van der Waals surface area contributed by atoms with Crippen LogP contribution in [0, 0.1) is 13.8 Å². The summed E-state index contributed by atoms with van der Waals surface area (Å²) in [6, 6.07) is 13.9. The Morgan fingerprint density at radius 2 is 1.75 bits per heavy atom. The third kappa shape index (κ3) is 3.47. The number of carbonyl (C=O) groups is 1. The van der Waals surface area contributed by atoms with Crippen molar-refractivity contribution in [2.45, 2.75) is 26.7 Å². The Morgan fingerprint density at radius 3 is 2.35 bits per heavy atom. The predicted octanol–water partition coefficient (Wildman–Crippen LogP) is 4.13. The Morgan fingerprint density at radius 1 is 1.05 bits per heavy atom. The number of rotatable bonds is 5. The molecule has 0 spiro atoms. The molecule has 0 radical (unpaired) electrons. The Hall–Kier alpha value is -2.09. The number of carbonyl (C=O) groups excluding carboxylic acids is 1. The normalized spacial score (nSPS) is 10.3. The fraction of sp³-hybridized carbons (Fsp3) is 0.278. The average molecular weight is 268 g/mol. The molecule has 104 valence electrons. The second-order valence-corrected chi connectivity index (χ2v) is 5.09. The third-order valence-electron chi connectivity index (χ3n) is 3.48. The van der Waals surface area contributed by atoms with Crippen LogP contribution in [-0.2, 0) is 6.42 Å². The minimum Gasteiger partial charge on any atom is -0.497 e. The molecule has 0 saturated heterocycles. The van der Waals surface area contributed by atoms with Crippen LogP contribution >= 0.6 is 0 Å². The first kappa shape index (κ1) is 14.3. The highest BCUT2D eigenvalue weighted by atomic mass is 16.5. The summed E-state index contributed by atoms with van der Waals surface area (Å²) in [5.41, 5.74) is 4.24. The van der Waals surface area contributed by atoms with Gasteiger partial charge in [0.25, 0.3) is 0 Å². The molecule has 2 rings (SSSR count). The second kappa shape index (κ2) is 6.38. The van der Waals surface area contributed by atoms with Crippen LogP contribution in [0.15, 0.2) is 42.5 Å². The van der Waals surface area contributed by atoms with Crippen LogP contribution in [0.1, 0.15) is 33.5 Å². The Labute approximate surface area is 120 Å². The maximum absolute atomic E-state index is 12.2. The summed E-state index contributed by atoms with van der Waals surface area (Å²) in [5.74, 6) is 1.05. The molecule has 0 heterocycles. The van der Waals surface area contributed by atoms with Crippen molar-refractivity contribution in [3.63, 3.8) is 0 Å². The smallest absolute Gasteiger partial charge is 0.163 e. The Bertz CT molecular complexity index is 597. The number of hydrogen-bond acceptors (Lipinski definition) is 2. The number of aryl methyl sites for hydroxylation is 3. The average Bonchev–Trinajstić information content (AvgIpc) is 2.45. The highest BCUT2D eigenvalue weighted by Gasteiger charge is 2.09. The van der Waals surface area contributed by atoms with Gasteiger partial charge in [-0.2, -0.15) is 0 Å². The molecule has 0 atom stereocenters. The van der Waals surface area contributed by atoms with Gasteiger partial charge < -0.3 is 4.74 Å². The fourth-order valence-electron chi connectivity index (χ4n) is 2.31. The van der Waals surface area contributed by atoms with Gasteiger partial charge in [-0.3, -0.25) is 4.79 Å². The molecule has 0 aliphatic carbocycles. The predicted molar refractivity (Wildman–Crippen MR) is 81.6 cm³/mol. The zero-order valence-corrected chi connectivity index (χ0v) is 12.3. The summed E-state index contributed by atoms with van der Waals surface area (Å²) < 4.78 is 5.12. The first-order valence-corrected chi connectivity index (χ1v) is 6.83. The second-order valence-electron chi connectivity index (χ2n) is 5.09. The van der Waals surface area contributed by atoms with Crippen LogP contribution in [0.4, 0.5) is 0 Å².